The smallest absolute Gasteiger partial charge is 0.416 e. The van der Waals surface area contributed by atoms with Crippen LogP contribution in [0, 0.1) is 11.6 Å². The highest BCUT2D eigenvalue weighted by atomic mass is 19.4. The van der Waals surface area contributed by atoms with Gasteiger partial charge in [-0.3, -0.25) is 4.79 Å². The first-order valence-electron chi connectivity index (χ1n) is 7.22. The van der Waals surface area contributed by atoms with Gasteiger partial charge in [-0.1, -0.05) is 6.07 Å². The number of ether oxygens (including phenoxy) is 1. The van der Waals surface area contributed by atoms with E-state index in [2.05, 4.69) is 5.32 Å². The number of hydrogen-bond acceptors (Lipinski definition) is 3. The summed E-state index contributed by atoms with van der Waals surface area (Å²) in [6.07, 6.45) is -5.96. The number of esters is 1. The van der Waals surface area contributed by atoms with Crippen LogP contribution in [0.3, 0.4) is 0 Å². The van der Waals surface area contributed by atoms with Crippen molar-refractivity contribution < 1.29 is 36.3 Å². The molecule has 0 unspecified atom stereocenters. The van der Waals surface area contributed by atoms with Gasteiger partial charge in [-0.25, -0.2) is 13.6 Å². The summed E-state index contributed by atoms with van der Waals surface area (Å²) < 4.78 is 69.1. The van der Waals surface area contributed by atoms with Crippen LogP contribution in [0.5, 0.6) is 0 Å². The summed E-state index contributed by atoms with van der Waals surface area (Å²) in [4.78, 5) is 23.7. The molecule has 2 aromatic carbocycles. The fourth-order valence-corrected chi connectivity index (χ4v) is 1.95. The Morgan fingerprint density at radius 2 is 1.54 bits per heavy atom. The molecule has 0 spiro atoms. The monoisotopic (exact) mass is 373 g/mol. The van der Waals surface area contributed by atoms with Crippen LogP contribution in [0.2, 0.25) is 0 Å². The molecule has 0 saturated heterocycles. The first-order chi connectivity index (χ1) is 12.1. The maximum atomic E-state index is 13.5. The number of benzene rings is 2. The molecule has 0 heterocycles. The highest BCUT2D eigenvalue weighted by molar-refractivity contribution is 5.97. The van der Waals surface area contributed by atoms with Gasteiger partial charge in [0, 0.05) is 5.69 Å². The minimum absolute atomic E-state index is 0.0305. The minimum Gasteiger partial charge on any atom is -0.449 e. The van der Waals surface area contributed by atoms with E-state index in [0.717, 1.165) is 49.4 Å². The zero-order valence-electron chi connectivity index (χ0n) is 13.2. The fraction of sp³-hybridized carbons (Fsp3) is 0.176. The molecule has 0 radical (unpaired) electrons. The predicted molar refractivity (Wildman–Crippen MR) is 81.3 cm³/mol. The first-order valence-corrected chi connectivity index (χ1v) is 7.22. The van der Waals surface area contributed by atoms with Gasteiger partial charge in [-0.05, 0) is 43.3 Å². The third kappa shape index (κ3) is 4.56. The number of rotatable bonds is 4. The maximum Gasteiger partial charge on any atom is 0.416 e. The zero-order valence-corrected chi connectivity index (χ0v) is 13.2. The number of nitrogens with one attached hydrogen (secondary N) is 1. The van der Waals surface area contributed by atoms with Gasteiger partial charge in [0.15, 0.2) is 6.10 Å². The Bertz CT molecular complexity index is 798. The van der Waals surface area contributed by atoms with Gasteiger partial charge in [-0.2, -0.15) is 13.2 Å². The van der Waals surface area contributed by atoms with E-state index >= 15 is 0 Å². The largest absolute Gasteiger partial charge is 0.449 e. The number of carbonyl (C=O) groups is 2. The van der Waals surface area contributed by atoms with Crippen LogP contribution in [-0.2, 0) is 15.7 Å². The molecule has 0 aliphatic heterocycles. The third-order valence-corrected chi connectivity index (χ3v) is 3.30. The number of carbonyl (C=O) groups excluding carboxylic acids is 2. The Kier molecular flexibility index (Phi) is 5.59. The average molecular weight is 373 g/mol. The molecule has 1 N–H and O–H groups in total. The first kappa shape index (κ1) is 19.4. The normalized spacial score (nSPS) is 12.4. The van der Waals surface area contributed by atoms with Crippen molar-refractivity contribution in [2.45, 2.75) is 19.2 Å². The molecule has 1 atom stereocenters. The van der Waals surface area contributed by atoms with Crippen LogP contribution in [0.15, 0.2) is 42.5 Å². The number of hydrogen-bond donors (Lipinski definition) is 1. The van der Waals surface area contributed by atoms with E-state index in [4.69, 9.17) is 4.74 Å². The lowest BCUT2D eigenvalue weighted by molar-refractivity contribution is -0.137. The van der Waals surface area contributed by atoms with Crippen LogP contribution < -0.4 is 5.32 Å². The molecule has 2 aromatic rings. The number of halogens is 5. The van der Waals surface area contributed by atoms with Crippen molar-refractivity contribution in [2.24, 2.45) is 0 Å². The van der Waals surface area contributed by atoms with Gasteiger partial charge in [-0.15, -0.1) is 0 Å². The van der Waals surface area contributed by atoms with Crippen molar-refractivity contribution in [3.05, 3.63) is 65.2 Å². The van der Waals surface area contributed by atoms with Gasteiger partial charge in [0.1, 0.15) is 17.2 Å². The third-order valence-electron chi connectivity index (χ3n) is 3.30. The topological polar surface area (TPSA) is 55.4 Å². The summed E-state index contributed by atoms with van der Waals surface area (Å²) in [6.45, 7) is 1.15. The molecule has 4 nitrogen and oxygen atoms in total. The van der Waals surface area contributed by atoms with Crippen LogP contribution >= 0.6 is 0 Å². The van der Waals surface area contributed by atoms with Gasteiger partial charge in [0.25, 0.3) is 5.91 Å². The molecule has 138 valence electrons. The molecule has 0 aliphatic rings. The summed E-state index contributed by atoms with van der Waals surface area (Å²) in [5.41, 5.74) is -1.81. The molecule has 0 aliphatic carbocycles. The molecule has 0 bridgehead atoms. The molecule has 0 saturated carbocycles. The van der Waals surface area contributed by atoms with Crippen LogP contribution in [-0.4, -0.2) is 18.0 Å². The van der Waals surface area contributed by atoms with Crippen LogP contribution in [0.25, 0.3) is 0 Å². The SMILES string of the molecule is C[C@H](OC(=O)c1c(F)cccc1F)C(=O)Nc1ccc(C(F)(F)F)cc1. The number of alkyl halides is 3. The van der Waals surface area contributed by atoms with E-state index in [1.807, 2.05) is 0 Å². The molecule has 9 heteroatoms. The lowest BCUT2D eigenvalue weighted by Crippen LogP contribution is -2.30. The molecular weight excluding hydrogens is 361 g/mol. The van der Waals surface area contributed by atoms with E-state index in [1.54, 1.807) is 0 Å². The fourth-order valence-electron chi connectivity index (χ4n) is 1.95. The van der Waals surface area contributed by atoms with Crippen molar-refractivity contribution in [3.63, 3.8) is 0 Å². The summed E-state index contributed by atoms with van der Waals surface area (Å²) >= 11 is 0. The van der Waals surface area contributed by atoms with E-state index in [1.165, 1.54) is 0 Å². The van der Waals surface area contributed by atoms with E-state index in [9.17, 15) is 31.5 Å². The van der Waals surface area contributed by atoms with Crippen molar-refractivity contribution >= 4 is 17.6 Å². The second kappa shape index (κ2) is 7.51. The molecule has 26 heavy (non-hydrogen) atoms. The standard InChI is InChI=1S/C17H12F5NO3/c1-9(26-16(25)14-12(18)3-2-4-13(14)19)15(24)23-11-7-5-10(6-8-11)17(20,21)22/h2-9H,1H3,(H,23,24)/t9-/m0/s1. The maximum absolute atomic E-state index is 13.5. The highest BCUT2D eigenvalue weighted by Gasteiger charge is 2.30. The second-order valence-electron chi connectivity index (χ2n) is 5.21. The van der Waals surface area contributed by atoms with Gasteiger partial charge < -0.3 is 10.1 Å². The molecule has 0 fully saturated rings. The van der Waals surface area contributed by atoms with Gasteiger partial charge >= 0.3 is 12.1 Å². The highest BCUT2D eigenvalue weighted by Crippen LogP contribution is 2.29. The summed E-state index contributed by atoms with van der Waals surface area (Å²) in [6, 6.07) is 6.33. The molecule has 0 aromatic heterocycles. The van der Waals surface area contributed by atoms with Crippen LogP contribution in [0.1, 0.15) is 22.8 Å². The summed E-state index contributed by atoms with van der Waals surface area (Å²) in [5, 5.41) is 2.24. The Labute approximate surface area is 144 Å². The van der Waals surface area contributed by atoms with Gasteiger partial charge in [0.05, 0.1) is 5.56 Å². The lowest BCUT2D eigenvalue weighted by atomic mass is 10.2. The molecule has 2 rings (SSSR count). The predicted octanol–water partition coefficient (Wildman–Crippen LogP) is 4.17. The summed E-state index contributed by atoms with van der Waals surface area (Å²) in [7, 11) is 0. The molecule has 1 amide bonds. The Morgan fingerprint density at radius 1 is 1.00 bits per heavy atom. The van der Waals surface area contributed by atoms with E-state index < -0.39 is 46.9 Å². The minimum atomic E-state index is -4.52. The average Bonchev–Trinajstić information content (AvgIpc) is 2.54. The second-order valence-corrected chi connectivity index (χ2v) is 5.21. The van der Waals surface area contributed by atoms with Crippen LogP contribution in [0.4, 0.5) is 27.6 Å². The zero-order chi connectivity index (χ0) is 19.5. The van der Waals surface area contributed by atoms with E-state index in [0.29, 0.717) is 0 Å². The molecular formula is C17H12F5NO3. The number of amides is 1. The lowest BCUT2D eigenvalue weighted by Gasteiger charge is -2.14. The van der Waals surface area contributed by atoms with E-state index in [-0.39, 0.29) is 5.69 Å². The van der Waals surface area contributed by atoms with Crippen molar-refractivity contribution in [3.8, 4) is 0 Å². The van der Waals surface area contributed by atoms with Crippen molar-refractivity contribution in [2.75, 3.05) is 5.32 Å². The van der Waals surface area contributed by atoms with Crippen molar-refractivity contribution in [1.29, 1.82) is 0 Å². The van der Waals surface area contributed by atoms with Crippen molar-refractivity contribution in [1.82, 2.24) is 0 Å². The Hall–Kier alpha value is -2.97. The van der Waals surface area contributed by atoms with Gasteiger partial charge in [0.2, 0.25) is 0 Å². The Balaban J connectivity index is 2.02. The Morgan fingerprint density at radius 3 is 2.04 bits per heavy atom. The number of anilines is 1. The quantitative estimate of drug-likeness (QED) is 0.647. The summed E-state index contributed by atoms with van der Waals surface area (Å²) in [5.74, 6) is -4.55.